The largest absolute Gasteiger partial charge is 0.394 e. The first-order valence-corrected chi connectivity index (χ1v) is 8.54. The molecule has 1 aliphatic heterocycles. The van der Waals surface area contributed by atoms with E-state index in [-0.39, 0.29) is 0 Å². The van der Waals surface area contributed by atoms with Crippen LogP contribution >= 0.6 is 0 Å². The van der Waals surface area contributed by atoms with Gasteiger partial charge in [-0.15, -0.1) is 0 Å². The standard InChI is InChI=1S/C16H32O6/c1-2-3-4-5-6-7-8-9-10-21-16-15(20)14(19)13(18)12(11-17)22-16/h12-20H,2-11H2,1H3/t12-,13+,14-,15+,16-/m1/s1. The van der Waals surface area contributed by atoms with Gasteiger partial charge in [0.15, 0.2) is 6.29 Å². The number of aliphatic hydroxyl groups excluding tert-OH is 4. The molecule has 6 heteroatoms. The Balaban J connectivity index is 2.11. The van der Waals surface area contributed by atoms with E-state index >= 15 is 0 Å². The molecule has 0 aromatic rings. The Kier molecular flexibility index (Phi) is 10.2. The zero-order chi connectivity index (χ0) is 16.4. The summed E-state index contributed by atoms with van der Waals surface area (Å²) in [4.78, 5) is 0. The first-order chi connectivity index (χ1) is 10.6. The summed E-state index contributed by atoms with van der Waals surface area (Å²) in [5.74, 6) is 0. The molecule has 0 saturated carbocycles. The molecule has 132 valence electrons. The van der Waals surface area contributed by atoms with E-state index in [0.717, 1.165) is 12.8 Å². The summed E-state index contributed by atoms with van der Waals surface area (Å²) >= 11 is 0. The van der Waals surface area contributed by atoms with Gasteiger partial charge < -0.3 is 29.9 Å². The molecule has 6 nitrogen and oxygen atoms in total. The van der Waals surface area contributed by atoms with E-state index in [4.69, 9.17) is 14.6 Å². The minimum absolute atomic E-state index is 0.428. The first kappa shape index (κ1) is 19.8. The molecular weight excluding hydrogens is 288 g/mol. The summed E-state index contributed by atoms with van der Waals surface area (Å²) in [6.45, 7) is 2.20. The lowest BCUT2D eigenvalue weighted by atomic mass is 9.99. The summed E-state index contributed by atoms with van der Waals surface area (Å²) in [6.07, 6.45) is 3.58. The Morgan fingerprint density at radius 2 is 1.41 bits per heavy atom. The molecule has 5 atom stereocenters. The van der Waals surface area contributed by atoms with Gasteiger partial charge in [-0.05, 0) is 6.42 Å². The van der Waals surface area contributed by atoms with Gasteiger partial charge in [-0.1, -0.05) is 51.9 Å². The predicted molar refractivity (Wildman–Crippen MR) is 82.3 cm³/mol. The highest BCUT2D eigenvalue weighted by atomic mass is 16.7. The van der Waals surface area contributed by atoms with E-state index in [1.807, 2.05) is 0 Å². The van der Waals surface area contributed by atoms with Gasteiger partial charge in [0.2, 0.25) is 0 Å². The van der Waals surface area contributed by atoms with Crippen LogP contribution in [0.1, 0.15) is 58.3 Å². The molecule has 0 aliphatic carbocycles. The third-order valence-corrected chi connectivity index (χ3v) is 4.13. The molecule has 0 bridgehead atoms. The van der Waals surface area contributed by atoms with Crippen LogP contribution in [-0.2, 0) is 9.47 Å². The summed E-state index contributed by atoms with van der Waals surface area (Å²) in [5, 5.41) is 38.2. The summed E-state index contributed by atoms with van der Waals surface area (Å²) in [5.41, 5.74) is 0. The van der Waals surface area contributed by atoms with Crippen molar-refractivity contribution < 1.29 is 29.9 Å². The van der Waals surface area contributed by atoms with Crippen LogP contribution in [0.5, 0.6) is 0 Å². The molecule has 22 heavy (non-hydrogen) atoms. The van der Waals surface area contributed by atoms with E-state index in [0.29, 0.717) is 6.61 Å². The first-order valence-electron chi connectivity index (χ1n) is 8.54. The third kappa shape index (κ3) is 6.48. The highest BCUT2D eigenvalue weighted by Crippen LogP contribution is 2.22. The second-order valence-corrected chi connectivity index (χ2v) is 6.04. The normalized spacial score (nSPS) is 32.3. The van der Waals surface area contributed by atoms with Gasteiger partial charge in [0.05, 0.1) is 6.61 Å². The SMILES string of the molecule is CCCCCCCCCCO[C@@H]1O[C@H](CO)[C@H](O)[C@@H](O)[C@@H]1O. The number of aliphatic hydroxyl groups is 4. The Hall–Kier alpha value is -0.240. The highest BCUT2D eigenvalue weighted by Gasteiger charge is 2.43. The lowest BCUT2D eigenvalue weighted by Crippen LogP contribution is -2.59. The quantitative estimate of drug-likeness (QED) is 0.423. The zero-order valence-electron chi connectivity index (χ0n) is 13.6. The second-order valence-electron chi connectivity index (χ2n) is 6.04. The van der Waals surface area contributed by atoms with E-state index in [9.17, 15) is 15.3 Å². The lowest BCUT2D eigenvalue weighted by molar-refractivity contribution is -0.301. The Morgan fingerprint density at radius 1 is 0.818 bits per heavy atom. The molecule has 1 aliphatic rings. The van der Waals surface area contributed by atoms with Crippen molar-refractivity contribution in [2.45, 2.75) is 89.0 Å². The van der Waals surface area contributed by atoms with Gasteiger partial charge in [-0.2, -0.15) is 0 Å². The van der Waals surface area contributed by atoms with Crippen molar-refractivity contribution in [1.29, 1.82) is 0 Å². The number of rotatable bonds is 11. The molecule has 0 unspecified atom stereocenters. The molecule has 0 aromatic heterocycles. The summed E-state index contributed by atoms with van der Waals surface area (Å²) in [6, 6.07) is 0. The van der Waals surface area contributed by atoms with E-state index in [1.165, 1.54) is 38.5 Å². The van der Waals surface area contributed by atoms with Crippen molar-refractivity contribution in [1.82, 2.24) is 0 Å². The fourth-order valence-electron chi connectivity index (χ4n) is 2.64. The number of hydrogen-bond donors (Lipinski definition) is 4. The topological polar surface area (TPSA) is 99.4 Å². The molecule has 0 aromatic carbocycles. The van der Waals surface area contributed by atoms with Crippen molar-refractivity contribution in [2.75, 3.05) is 13.2 Å². The molecule has 1 heterocycles. The fraction of sp³-hybridized carbons (Fsp3) is 1.00. The minimum Gasteiger partial charge on any atom is -0.394 e. The highest BCUT2D eigenvalue weighted by molar-refractivity contribution is 4.88. The number of ether oxygens (including phenoxy) is 2. The van der Waals surface area contributed by atoms with E-state index in [1.54, 1.807) is 0 Å². The van der Waals surface area contributed by atoms with Crippen molar-refractivity contribution in [2.24, 2.45) is 0 Å². The van der Waals surface area contributed by atoms with Gasteiger partial charge in [-0.25, -0.2) is 0 Å². The minimum atomic E-state index is -1.37. The molecule has 1 fully saturated rings. The Labute approximate surface area is 133 Å². The third-order valence-electron chi connectivity index (χ3n) is 4.13. The van der Waals surface area contributed by atoms with E-state index in [2.05, 4.69) is 6.92 Å². The monoisotopic (exact) mass is 320 g/mol. The molecule has 1 saturated heterocycles. The smallest absolute Gasteiger partial charge is 0.186 e. The molecule has 4 N–H and O–H groups in total. The van der Waals surface area contributed by atoms with Crippen molar-refractivity contribution >= 4 is 0 Å². The van der Waals surface area contributed by atoms with Crippen LogP contribution in [0.4, 0.5) is 0 Å². The second kappa shape index (κ2) is 11.3. The van der Waals surface area contributed by atoms with Gasteiger partial charge >= 0.3 is 0 Å². The fourth-order valence-corrected chi connectivity index (χ4v) is 2.64. The number of hydrogen-bond acceptors (Lipinski definition) is 6. The summed E-state index contributed by atoms with van der Waals surface area (Å²) < 4.78 is 10.7. The zero-order valence-corrected chi connectivity index (χ0v) is 13.6. The van der Waals surface area contributed by atoms with Crippen LogP contribution in [0.25, 0.3) is 0 Å². The molecule has 1 rings (SSSR count). The van der Waals surface area contributed by atoms with Crippen LogP contribution in [0.2, 0.25) is 0 Å². The van der Waals surface area contributed by atoms with Crippen LogP contribution in [0, 0.1) is 0 Å². The maximum Gasteiger partial charge on any atom is 0.186 e. The Bertz CT molecular complexity index is 273. The van der Waals surface area contributed by atoms with Gasteiger partial charge in [0, 0.05) is 6.61 Å². The van der Waals surface area contributed by atoms with Crippen molar-refractivity contribution in [3.05, 3.63) is 0 Å². The van der Waals surface area contributed by atoms with E-state index < -0.39 is 37.3 Å². The van der Waals surface area contributed by atoms with Gasteiger partial charge in [0.1, 0.15) is 24.4 Å². The van der Waals surface area contributed by atoms with Crippen molar-refractivity contribution in [3.63, 3.8) is 0 Å². The maximum atomic E-state index is 9.80. The van der Waals surface area contributed by atoms with Crippen molar-refractivity contribution in [3.8, 4) is 0 Å². The molecule has 0 radical (unpaired) electrons. The molecule has 0 amide bonds. The van der Waals surface area contributed by atoms with Crippen LogP contribution in [-0.4, -0.2) is 64.3 Å². The van der Waals surface area contributed by atoms with Crippen LogP contribution < -0.4 is 0 Å². The van der Waals surface area contributed by atoms with Gasteiger partial charge in [-0.3, -0.25) is 0 Å². The maximum absolute atomic E-state index is 9.80. The molecular formula is C16H32O6. The average Bonchev–Trinajstić information content (AvgIpc) is 2.53. The summed E-state index contributed by atoms with van der Waals surface area (Å²) in [7, 11) is 0. The average molecular weight is 320 g/mol. The van der Waals surface area contributed by atoms with Crippen LogP contribution in [0.15, 0.2) is 0 Å². The predicted octanol–water partition coefficient (Wildman–Crippen LogP) is 0.944. The lowest BCUT2D eigenvalue weighted by Gasteiger charge is -2.39. The number of unbranched alkanes of at least 4 members (excludes halogenated alkanes) is 7. The van der Waals surface area contributed by atoms with Gasteiger partial charge in [0.25, 0.3) is 0 Å². The van der Waals surface area contributed by atoms with Crippen LogP contribution in [0.3, 0.4) is 0 Å². The Morgan fingerprint density at radius 3 is 2.00 bits per heavy atom. The molecule has 0 spiro atoms.